The number of rotatable bonds is 4. The smallest absolute Gasteiger partial charge is 0.223 e. The van der Waals surface area contributed by atoms with E-state index in [9.17, 15) is 9.59 Å². The Labute approximate surface area is 114 Å². The van der Waals surface area contributed by atoms with Gasteiger partial charge < -0.3 is 10.6 Å². The van der Waals surface area contributed by atoms with Gasteiger partial charge >= 0.3 is 0 Å². The molecular weight excluding hydrogens is 240 g/mol. The van der Waals surface area contributed by atoms with Crippen molar-refractivity contribution in [2.45, 2.75) is 69.9 Å². The normalized spacial score (nSPS) is 31.4. The van der Waals surface area contributed by atoms with Gasteiger partial charge in [-0.25, -0.2) is 0 Å². The lowest BCUT2D eigenvalue weighted by Gasteiger charge is -2.28. The van der Waals surface area contributed by atoms with Gasteiger partial charge in [0, 0.05) is 23.9 Å². The molecule has 2 amide bonds. The Morgan fingerprint density at radius 2 is 1.11 bits per heavy atom. The Balaban J connectivity index is 1.43. The summed E-state index contributed by atoms with van der Waals surface area (Å²) in [4.78, 5) is 24.1. The second-order valence-electron chi connectivity index (χ2n) is 6.48. The zero-order valence-corrected chi connectivity index (χ0v) is 11.5. The monoisotopic (exact) mass is 264 g/mol. The van der Waals surface area contributed by atoms with Crippen LogP contribution in [0.4, 0.5) is 0 Å². The quantitative estimate of drug-likeness (QED) is 0.812. The Morgan fingerprint density at radius 1 is 0.684 bits per heavy atom. The van der Waals surface area contributed by atoms with E-state index in [-0.39, 0.29) is 23.7 Å². The number of amides is 2. The molecule has 0 aromatic heterocycles. The van der Waals surface area contributed by atoms with Crippen LogP contribution in [0, 0.1) is 11.8 Å². The SMILES string of the molecule is O=C(NC1CCC1)[C@@H]1CC[C@H](C(=O)NC2CCC2)C1. The van der Waals surface area contributed by atoms with Gasteiger partial charge in [-0.1, -0.05) is 0 Å². The van der Waals surface area contributed by atoms with Crippen LogP contribution in [0.3, 0.4) is 0 Å². The molecule has 0 bridgehead atoms. The highest BCUT2D eigenvalue weighted by atomic mass is 16.2. The highest BCUT2D eigenvalue weighted by Crippen LogP contribution is 2.32. The maximum absolute atomic E-state index is 12.1. The summed E-state index contributed by atoms with van der Waals surface area (Å²) < 4.78 is 0. The van der Waals surface area contributed by atoms with Gasteiger partial charge in [0.2, 0.25) is 11.8 Å². The standard InChI is InChI=1S/C15H24N2O2/c18-14(16-12-3-1-4-12)10-7-8-11(9-10)15(19)17-13-5-2-6-13/h10-13H,1-9H2,(H,16,18)(H,17,19)/t10-,11+. The molecule has 0 aromatic carbocycles. The van der Waals surface area contributed by atoms with Crippen molar-refractivity contribution in [1.82, 2.24) is 10.6 Å². The van der Waals surface area contributed by atoms with Crippen LogP contribution >= 0.6 is 0 Å². The van der Waals surface area contributed by atoms with Crippen LogP contribution in [-0.2, 0) is 9.59 Å². The van der Waals surface area contributed by atoms with Crippen molar-refractivity contribution >= 4 is 11.8 Å². The number of carbonyl (C=O) groups excluding carboxylic acids is 2. The van der Waals surface area contributed by atoms with Crippen molar-refractivity contribution in [3.05, 3.63) is 0 Å². The fraction of sp³-hybridized carbons (Fsp3) is 0.867. The maximum atomic E-state index is 12.1. The van der Waals surface area contributed by atoms with Crippen molar-refractivity contribution in [3.63, 3.8) is 0 Å². The lowest BCUT2D eigenvalue weighted by atomic mass is 9.91. The van der Waals surface area contributed by atoms with Crippen LogP contribution in [0.25, 0.3) is 0 Å². The average Bonchev–Trinajstić information content (AvgIpc) is 2.77. The number of hydrogen-bond acceptors (Lipinski definition) is 2. The molecular formula is C15H24N2O2. The molecule has 0 aliphatic heterocycles. The fourth-order valence-electron chi connectivity index (χ4n) is 3.20. The van der Waals surface area contributed by atoms with Crippen molar-refractivity contribution in [2.75, 3.05) is 0 Å². The number of nitrogens with one attached hydrogen (secondary N) is 2. The minimum absolute atomic E-state index is 0.0674. The molecule has 3 saturated carbocycles. The molecule has 4 heteroatoms. The zero-order valence-electron chi connectivity index (χ0n) is 11.5. The van der Waals surface area contributed by atoms with Crippen molar-refractivity contribution in [1.29, 1.82) is 0 Å². The highest BCUT2D eigenvalue weighted by Gasteiger charge is 2.36. The van der Waals surface area contributed by atoms with E-state index >= 15 is 0 Å². The molecule has 3 aliphatic rings. The van der Waals surface area contributed by atoms with E-state index in [1.165, 1.54) is 12.8 Å². The van der Waals surface area contributed by atoms with Gasteiger partial charge in [-0.15, -0.1) is 0 Å². The van der Waals surface area contributed by atoms with E-state index in [0.29, 0.717) is 12.1 Å². The second-order valence-corrected chi connectivity index (χ2v) is 6.48. The Bertz CT molecular complexity index is 327. The third-order valence-electron chi connectivity index (χ3n) is 5.08. The summed E-state index contributed by atoms with van der Waals surface area (Å²) in [6, 6.07) is 0.825. The summed E-state index contributed by atoms with van der Waals surface area (Å²) in [5.74, 6) is 0.503. The van der Waals surface area contributed by atoms with Gasteiger partial charge in [-0.05, 0) is 57.8 Å². The molecule has 0 spiro atoms. The topological polar surface area (TPSA) is 58.2 Å². The van der Waals surface area contributed by atoms with E-state index in [1.807, 2.05) is 0 Å². The first kappa shape index (κ1) is 12.9. The summed E-state index contributed by atoms with van der Waals surface area (Å²) in [7, 11) is 0. The summed E-state index contributed by atoms with van der Waals surface area (Å²) in [5.41, 5.74) is 0. The molecule has 106 valence electrons. The molecule has 19 heavy (non-hydrogen) atoms. The molecule has 2 N–H and O–H groups in total. The lowest BCUT2D eigenvalue weighted by molar-refractivity contribution is -0.127. The molecule has 0 aromatic rings. The maximum Gasteiger partial charge on any atom is 0.223 e. The molecule has 3 fully saturated rings. The van der Waals surface area contributed by atoms with Crippen LogP contribution in [0.15, 0.2) is 0 Å². The molecule has 0 saturated heterocycles. The second kappa shape index (κ2) is 5.51. The van der Waals surface area contributed by atoms with Crippen LogP contribution < -0.4 is 10.6 Å². The first-order chi connectivity index (χ1) is 9.22. The molecule has 4 nitrogen and oxygen atoms in total. The highest BCUT2D eigenvalue weighted by molar-refractivity contribution is 5.83. The summed E-state index contributed by atoms with van der Waals surface area (Å²) in [6.45, 7) is 0. The largest absolute Gasteiger partial charge is 0.353 e. The van der Waals surface area contributed by atoms with Gasteiger partial charge in [0.1, 0.15) is 0 Å². The minimum Gasteiger partial charge on any atom is -0.353 e. The molecule has 0 radical (unpaired) electrons. The van der Waals surface area contributed by atoms with Gasteiger partial charge in [-0.3, -0.25) is 9.59 Å². The summed E-state index contributed by atoms with van der Waals surface area (Å²) in [6.07, 6.45) is 9.49. The Kier molecular flexibility index (Phi) is 3.76. The number of carbonyl (C=O) groups is 2. The fourth-order valence-corrected chi connectivity index (χ4v) is 3.20. The molecule has 0 heterocycles. The first-order valence-electron chi connectivity index (χ1n) is 7.83. The molecule has 3 rings (SSSR count). The van der Waals surface area contributed by atoms with Crippen molar-refractivity contribution < 1.29 is 9.59 Å². The number of hydrogen-bond donors (Lipinski definition) is 2. The van der Waals surface area contributed by atoms with Crippen LogP contribution in [0.5, 0.6) is 0 Å². The van der Waals surface area contributed by atoms with E-state index < -0.39 is 0 Å². The molecule has 0 unspecified atom stereocenters. The van der Waals surface area contributed by atoms with Gasteiger partial charge in [-0.2, -0.15) is 0 Å². The summed E-state index contributed by atoms with van der Waals surface area (Å²) >= 11 is 0. The van der Waals surface area contributed by atoms with E-state index in [0.717, 1.165) is 44.9 Å². The zero-order chi connectivity index (χ0) is 13.2. The van der Waals surface area contributed by atoms with Crippen LogP contribution in [0.1, 0.15) is 57.8 Å². The third kappa shape index (κ3) is 2.93. The average molecular weight is 264 g/mol. The summed E-state index contributed by atoms with van der Waals surface area (Å²) in [5, 5.41) is 6.22. The van der Waals surface area contributed by atoms with Crippen molar-refractivity contribution in [2.24, 2.45) is 11.8 Å². The predicted octanol–water partition coefficient (Wildman–Crippen LogP) is 1.74. The predicted molar refractivity (Wildman–Crippen MR) is 72.4 cm³/mol. The van der Waals surface area contributed by atoms with Gasteiger partial charge in [0.05, 0.1) is 0 Å². The minimum atomic E-state index is 0.0674. The molecule has 2 atom stereocenters. The van der Waals surface area contributed by atoms with E-state index in [2.05, 4.69) is 10.6 Å². The van der Waals surface area contributed by atoms with E-state index in [1.54, 1.807) is 0 Å². The van der Waals surface area contributed by atoms with Gasteiger partial charge in [0.15, 0.2) is 0 Å². The van der Waals surface area contributed by atoms with Crippen molar-refractivity contribution in [3.8, 4) is 0 Å². The van der Waals surface area contributed by atoms with Crippen LogP contribution in [0.2, 0.25) is 0 Å². The van der Waals surface area contributed by atoms with E-state index in [4.69, 9.17) is 0 Å². The lowest BCUT2D eigenvalue weighted by Crippen LogP contribution is -2.43. The Hall–Kier alpha value is -1.06. The third-order valence-corrected chi connectivity index (χ3v) is 5.08. The molecule has 3 aliphatic carbocycles. The van der Waals surface area contributed by atoms with Crippen LogP contribution in [-0.4, -0.2) is 23.9 Å². The van der Waals surface area contributed by atoms with Gasteiger partial charge in [0.25, 0.3) is 0 Å². The first-order valence-corrected chi connectivity index (χ1v) is 7.83. The Morgan fingerprint density at radius 3 is 1.42 bits per heavy atom.